The number of pyridine rings is 1. The van der Waals surface area contributed by atoms with Crippen molar-refractivity contribution in [2.24, 2.45) is 11.7 Å². The molecule has 19 heavy (non-hydrogen) atoms. The number of rotatable bonds is 5. The number of hydrogen-bond acceptors (Lipinski definition) is 4. The van der Waals surface area contributed by atoms with Crippen LogP contribution in [0.5, 0.6) is 5.75 Å². The van der Waals surface area contributed by atoms with Gasteiger partial charge in [0.05, 0.1) is 24.7 Å². The van der Waals surface area contributed by atoms with Gasteiger partial charge >= 0.3 is 0 Å². The number of hydrogen-bond donors (Lipinski definition) is 1. The van der Waals surface area contributed by atoms with Gasteiger partial charge in [-0.3, -0.25) is 4.98 Å². The minimum Gasteiger partial charge on any atom is -0.492 e. The lowest BCUT2D eigenvalue weighted by atomic mass is 10.1. The van der Waals surface area contributed by atoms with Gasteiger partial charge in [-0.2, -0.15) is 0 Å². The van der Waals surface area contributed by atoms with E-state index < -0.39 is 0 Å². The van der Waals surface area contributed by atoms with Crippen LogP contribution in [-0.4, -0.2) is 30.7 Å². The van der Waals surface area contributed by atoms with Crippen molar-refractivity contribution in [2.45, 2.75) is 39.2 Å². The van der Waals surface area contributed by atoms with Crippen LogP contribution in [-0.2, 0) is 0 Å². The van der Waals surface area contributed by atoms with E-state index in [-0.39, 0.29) is 0 Å². The van der Waals surface area contributed by atoms with Crippen LogP contribution in [0, 0.1) is 5.92 Å². The maximum Gasteiger partial charge on any atom is 0.139 e. The van der Waals surface area contributed by atoms with Crippen LogP contribution < -0.4 is 15.4 Å². The summed E-state index contributed by atoms with van der Waals surface area (Å²) in [5, 5.41) is 0. The number of nitrogens with zero attached hydrogens (tertiary/aromatic N) is 2. The predicted molar refractivity (Wildman–Crippen MR) is 78.6 cm³/mol. The molecule has 0 saturated carbocycles. The molecule has 1 aliphatic heterocycles. The molecule has 1 atom stereocenters. The molecule has 1 saturated heterocycles. The van der Waals surface area contributed by atoms with E-state index in [4.69, 9.17) is 10.5 Å². The van der Waals surface area contributed by atoms with Gasteiger partial charge in [0.25, 0.3) is 0 Å². The monoisotopic (exact) mass is 263 g/mol. The van der Waals surface area contributed by atoms with Crippen LogP contribution in [0.25, 0.3) is 0 Å². The molecule has 4 nitrogen and oxygen atoms in total. The number of ether oxygens (including phenoxy) is 1. The second-order valence-corrected chi connectivity index (χ2v) is 5.53. The third-order valence-electron chi connectivity index (χ3n) is 3.83. The molecule has 0 aromatic carbocycles. The molecule has 1 fully saturated rings. The quantitative estimate of drug-likeness (QED) is 0.886. The van der Waals surface area contributed by atoms with Crippen LogP contribution in [0.2, 0.25) is 0 Å². The van der Waals surface area contributed by atoms with Crippen molar-refractivity contribution in [2.75, 3.05) is 24.6 Å². The minimum atomic E-state index is 0.356. The van der Waals surface area contributed by atoms with E-state index in [0.29, 0.717) is 12.0 Å². The fourth-order valence-corrected chi connectivity index (χ4v) is 2.17. The largest absolute Gasteiger partial charge is 0.492 e. The van der Waals surface area contributed by atoms with Gasteiger partial charge in [-0.15, -0.1) is 0 Å². The van der Waals surface area contributed by atoms with Gasteiger partial charge in [0.15, 0.2) is 0 Å². The molecule has 2 N–H and O–H groups in total. The summed E-state index contributed by atoms with van der Waals surface area (Å²) in [6, 6.07) is 2.45. The van der Waals surface area contributed by atoms with Crippen molar-refractivity contribution in [3.63, 3.8) is 0 Å². The molecule has 2 heterocycles. The summed E-state index contributed by atoms with van der Waals surface area (Å²) in [5.74, 6) is 1.45. The van der Waals surface area contributed by atoms with E-state index in [1.165, 1.54) is 0 Å². The van der Waals surface area contributed by atoms with Crippen molar-refractivity contribution in [3.05, 3.63) is 18.5 Å². The third-order valence-corrected chi connectivity index (χ3v) is 3.83. The number of piperidine rings is 1. The van der Waals surface area contributed by atoms with Gasteiger partial charge in [0.1, 0.15) is 5.75 Å². The molecule has 0 spiro atoms. The summed E-state index contributed by atoms with van der Waals surface area (Å²) >= 11 is 0. The molecule has 0 bridgehead atoms. The number of aromatic nitrogens is 1. The van der Waals surface area contributed by atoms with Gasteiger partial charge in [-0.05, 0) is 18.8 Å². The highest BCUT2D eigenvalue weighted by molar-refractivity contribution is 5.48. The van der Waals surface area contributed by atoms with Gasteiger partial charge < -0.3 is 15.4 Å². The Kier molecular flexibility index (Phi) is 5.02. The van der Waals surface area contributed by atoms with Crippen molar-refractivity contribution in [1.82, 2.24) is 4.98 Å². The molecule has 1 unspecified atom stereocenters. The molecular formula is C15H25N3O. The van der Waals surface area contributed by atoms with Crippen molar-refractivity contribution < 1.29 is 4.74 Å². The molecule has 1 aromatic heterocycles. The molecule has 106 valence electrons. The first kappa shape index (κ1) is 14.1. The Morgan fingerprint density at radius 3 is 2.84 bits per heavy atom. The zero-order valence-corrected chi connectivity index (χ0v) is 12.0. The van der Waals surface area contributed by atoms with E-state index in [1.54, 1.807) is 6.20 Å². The highest BCUT2D eigenvalue weighted by atomic mass is 16.5. The first-order valence-corrected chi connectivity index (χ1v) is 7.27. The maximum atomic E-state index is 5.93. The van der Waals surface area contributed by atoms with E-state index >= 15 is 0 Å². The molecule has 4 heteroatoms. The average Bonchev–Trinajstić information content (AvgIpc) is 2.46. The fourth-order valence-electron chi connectivity index (χ4n) is 2.17. The van der Waals surface area contributed by atoms with Crippen molar-refractivity contribution in [1.29, 1.82) is 0 Å². The molecule has 0 aliphatic carbocycles. The second kappa shape index (κ2) is 6.75. The Morgan fingerprint density at radius 1 is 1.42 bits per heavy atom. The zero-order chi connectivity index (χ0) is 13.7. The Morgan fingerprint density at radius 2 is 2.16 bits per heavy atom. The smallest absolute Gasteiger partial charge is 0.139 e. The van der Waals surface area contributed by atoms with Crippen molar-refractivity contribution in [3.8, 4) is 5.75 Å². The van der Waals surface area contributed by atoms with Gasteiger partial charge in [0, 0.05) is 25.2 Å². The van der Waals surface area contributed by atoms with Crippen LogP contribution in [0.1, 0.15) is 33.1 Å². The summed E-state index contributed by atoms with van der Waals surface area (Å²) in [5.41, 5.74) is 7.08. The number of nitrogens with two attached hydrogens (primary N) is 1. The van der Waals surface area contributed by atoms with Crippen molar-refractivity contribution >= 4 is 5.69 Å². The highest BCUT2D eigenvalue weighted by Gasteiger charge is 2.16. The predicted octanol–water partition coefficient (Wildman–Crippen LogP) is 2.43. The Labute approximate surface area is 116 Å². The molecule has 0 radical (unpaired) electrons. The van der Waals surface area contributed by atoms with E-state index in [1.807, 2.05) is 6.20 Å². The van der Waals surface area contributed by atoms with Crippen LogP contribution in [0.4, 0.5) is 5.69 Å². The Hall–Kier alpha value is -1.29. The highest BCUT2D eigenvalue weighted by Crippen LogP contribution is 2.23. The first-order valence-electron chi connectivity index (χ1n) is 7.27. The van der Waals surface area contributed by atoms with Crippen LogP contribution in [0.3, 0.4) is 0 Å². The summed E-state index contributed by atoms with van der Waals surface area (Å²) < 4.78 is 5.80. The second-order valence-electron chi connectivity index (χ2n) is 5.53. The Bertz CT molecular complexity index is 389. The van der Waals surface area contributed by atoms with E-state index in [9.17, 15) is 0 Å². The number of anilines is 1. The first-order chi connectivity index (χ1) is 9.19. The standard InChI is InChI=1S/C15H25N3O/c1-3-12(2)11-19-15-8-14(9-17-10-15)18-6-4-13(16)5-7-18/h8-10,12-13H,3-7,11,16H2,1-2H3. The fraction of sp³-hybridized carbons (Fsp3) is 0.667. The minimum absolute atomic E-state index is 0.356. The van der Waals surface area contributed by atoms with E-state index in [0.717, 1.165) is 50.4 Å². The normalized spacial score (nSPS) is 18.4. The Balaban J connectivity index is 1.95. The lowest BCUT2D eigenvalue weighted by Crippen LogP contribution is -2.39. The van der Waals surface area contributed by atoms with E-state index in [2.05, 4.69) is 29.8 Å². The summed E-state index contributed by atoms with van der Waals surface area (Å²) in [7, 11) is 0. The molecule has 1 aromatic rings. The summed E-state index contributed by atoms with van der Waals surface area (Å²) in [4.78, 5) is 6.62. The molecular weight excluding hydrogens is 238 g/mol. The lowest BCUT2D eigenvalue weighted by molar-refractivity contribution is 0.256. The molecule has 1 aliphatic rings. The van der Waals surface area contributed by atoms with Gasteiger partial charge in [-0.1, -0.05) is 20.3 Å². The summed E-state index contributed by atoms with van der Waals surface area (Å²) in [6.07, 6.45) is 6.95. The van der Waals surface area contributed by atoms with Crippen LogP contribution in [0.15, 0.2) is 18.5 Å². The lowest BCUT2D eigenvalue weighted by Gasteiger charge is -2.31. The topological polar surface area (TPSA) is 51.4 Å². The maximum absolute atomic E-state index is 5.93. The zero-order valence-electron chi connectivity index (χ0n) is 12.0. The van der Waals surface area contributed by atoms with Gasteiger partial charge in [0.2, 0.25) is 0 Å². The molecule has 0 amide bonds. The summed E-state index contributed by atoms with van der Waals surface area (Å²) in [6.45, 7) is 7.16. The third kappa shape index (κ3) is 4.10. The SMILES string of the molecule is CCC(C)COc1cncc(N2CCC(N)CC2)c1. The molecule has 2 rings (SSSR count). The average molecular weight is 263 g/mol. The van der Waals surface area contributed by atoms with Gasteiger partial charge in [-0.25, -0.2) is 0 Å². The van der Waals surface area contributed by atoms with Crippen LogP contribution >= 0.6 is 0 Å².